The lowest BCUT2D eigenvalue weighted by molar-refractivity contribution is -0.111. The summed E-state index contributed by atoms with van der Waals surface area (Å²) in [6.45, 7) is 3.37. The van der Waals surface area contributed by atoms with Gasteiger partial charge in [-0.2, -0.15) is 0 Å². The molecule has 0 atom stereocenters. The molecule has 154 valence electrons. The molecule has 0 aromatic heterocycles. The lowest BCUT2D eigenvalue weighted by atomic mass is 10.2. The molecule has 0 bridgehead atoms. The monoisotopic (exact) mass is 401 g/mol. The van der Waals surface area contributed by atoms with E-state index in [1.807, 2.05) is 78.9 Å². The van der Waals surface area contributed by atoms with Crippen LogP contribution < -0.4 is 14.8 Å². The number of anilines is 1. The fraction of sp³-hybridized carbons (Fsp3) is 0.192. The molecule has 1 N–H and O–H groups in total. The summed E-state index contributed by atoms with van der Waals surface area (Å²) >= 11 is 0. The van der Waals surface area contributed by atoms with Gasteiger partial charge >= 0.3 is 0 Å². The van der Waals surface area contributed by atoms with Gasteiger partial charge in [-0.15, -0.1) is 0 Å². The summed E-state index contributed by atoms with van der Waals surface area (Å²) in [5, 5.41) is 2.85. The highest BCUT2D eigenvalue weighted by atomic mass is 16.5. The van der Waals surface area contributed by atoms with E-state index in [1.54, 1.807) is 6.08 Å². The molecule has 3 aromatic rings. The molecule has 3 rings (SSSR count). The Morgan fingerprint density at radius 3 is 2.23 bits per heavy atom. The maximum absolute atomic E-state index is 12.2. The lowest BCUT2D eigenvalue weighted by Gasteiger charge is -2.07. The van der Waals surface area contributed by atoms with Crippen LogP contribution in [0.1, 0.15) is 30.9 Å². The van der Waals surface area contributed by atoms with Crippen LogP contribution in [-0.2, 0) is 11.4 Å². The van der Waals surface area contributed by atoms with Gasteiger partial charge in [0.25, 0.3) is 0 Å². The van der Waals surface area contributed by atoms with E-state index in [0.717, 1.165) is 41.2 Å². The van der Waals surface area contributed by atoms with Crippen LogP contribution in [0.3, 0.4) is 0 Å². The van der Waals surface area contributed by atoms with E-state index in [-0.39, 0.29) is 5.91 Å². The quantitative estimate of drug-likeness (QED) is 0.330. The molecule has 0 unspecified atom stereocenters. The predicted octanol–water partition coefficient (Wildman–Crippen LogP) is 6.10. The van der Waals surface area contributed by atoms with E-state index in [0.29, 0.717) is 13.2 Å². The van der Waals surface area contributed by atoms with Gasteiger partial charge < -0.3 is 14.8 Å². The van der Waals surface area contributed by atoms with Gasteiger partial charge in [0.1, 0.15) is 18.1 Å². The number of benzene rings is 3. The Bertz CT molecular complexity index is 932. The molecular weight excluding hydrogens is 374 g/mol. The molecule has 0 aliphatic heterocycles. The van der Waals surface area contributed by atoms with Gasteiger partial charge in [-0.3, -0.25) is 4.79 Å². The maximum Gasteiger partial charge on any atom is 0.248 e. The molecule has 0 aliphatic rings. The van der Waals surface area contributed by atoms with Crippen LogP contribution in [0.2, 0.25) is 0 Å². The second-order valence-electron chi connectivity index (χ2n) is 6.89. The van der Waals surface area contributed by atoms with Crippen LogP contribution in [0, 0.1) is 0 Å². The third-order valence-electron chi connectivity index (χ3n) is 4.44. The summed E-state index contributed by atoms with van der Waals surface area (Å²) < 4.78 is 11.4. The largest absolute Gasteiger partial charge is 0.494 e. The number of carbonyl (C=O) groups is 1. The number of nitrogens with one attached hydrogen (secondary N) is 1. The SMILES string of the molecule is CCCCOc1ccc(NC(=O)C=Cc2ccc(OCc3ccccc3)cc2)cc1. The molecule has 0 saturated carbocycles. The highest BCUT2D eigenvalue weighted by molar-refractivity contribution is 6.01. The number of unbranched alkanes of at least 4 members (excludes halogenated alkanes) is 1. The Labute approximate surface area is 178 Å². The molecule has 4 heteroatoms. The Hall–Kier alpha value is -3.53. The molecule has 0 fully saturated rings. The summed E-state index contributed by atoms with van der Waals surface area (Å²) in [4.78, 5) is 12.2. The van der Waals surface area contributed by atoms with Crippen molar-refractivity contribution in [3.05, 3.63) is 96.1 Å². The minimum Gasteiger partial charge on any atom is -0.494 e. The average Bonchev–Trinajstić information content (AvgIpc) is 2.79. The molecule has 1 amide bonds. The van der Waals surface area contributed by atoms with E-state index in [1.165, 1.54) is 6.08 Å². The van der Waals surface area contributed by atoms with Crippen molar-refractivity contribution in [2.75, 3.05) is 11.9 Å². The number of rotatable bonds is 10. The Morgan fingerprint density at radius 2 is 1.53 bits per heavy atom. The van der Waals surface area contributed by atoms with Crippen LogP contribution in [0.4, 0.5) is 5.69 Å². The Balaban J connectivity index is 1.46. The Kier molecular flexibility index (Phi) is 8.10. The van der Waals surface area contributed by atoms with Crippen molar-refractivity contribution < 1.29 is 14.3 Å². The number of ether oxygens (including phenoxy) is 2. The fourth-order valence-electron chi connectivity index (χ4n) is 2.74. The highest BCUT2D eigenvalue weighted by Gasteiger charge is 2.00. The lowest BCUT2D eigenvalue weighted by Crippen LogP contribution is -2.07. The second-order valence-corrected chi connectivity index (χ2v) is 6.89. The topological polar surface area (TPSA) is 47.6 Å². The third kappa shape index (κ3) is 7.13. The smallest absolute Gasteiger partial charge is 0.248 e. The van der Waals surface area contributed by atoms with Crippen molar-refractivity contribution in [2.24, 2.45) is 0 Å². The standard InChI is InChI=1S/C26H27NO3/c1-2-3-19-29-24-16-12-23(13-17-24)27-26(28)18-11-21-9-14-25(15-10-21)30-20-22-7-5-4-6-8-22/h4-18H,2-3,19-20H2,1H3,(H,27,28). The summed E-state index contributed by atoms with van der Waals surface area (Å²) in [6.07, 6.45) is 5.43. The molecule has 0 saturated heterocycles. The van der Waals surface area contributed by atoms with E-state index in [2.05, 4.69) is 12.2 Å². The number of hydrogen-bond acceptors (Lipinski definition) is 3. The Morgan fingerprint density at radius 1 is 0.867 bits per heavy atom. The van der Waals surface area contributed by atoms with E-state index in [9.17, 15) is 4.79 Å². The molecule has 0 heterocycles. The molecule has 30 heavy (non-hydrogen) atoms. The van der Waals surface area contributed by atoms with E-state index in [4.69, 9.17) is 9.47 Å². The van der Waals surface area contributed by atoms with Gasteiger partial charge in [0.15, 0.2) is 0 Å². The van der Waals surface area contributed by atoms with E-state index < -0.39 is 0 Å². The zero-order valence-electron chi connectivity index (χ0n) is 17.2. The van der Waals surface area contributed by atoms with E-state index >= 15 is 0 Å². The zero-order chi connectivity index (χ0) is 21.0. The van der Waals surface area contributed by atoms with Gasteiger partial charge in [0, 0.05) is 11.8 Å². The molecule has 3 aromatic carbocycles. The molecule has 4 nitrogen and oxygen atoms in total. The van der Waals surface area contributed by atoms with Crippen molar-refractivity contribution in [1.29, 1.82) is 0 Å². The van der Waals surface area contributed by atoms with Gasteiger partial charge in [0.05, 0.1) is 6.61 Å². The first-order valence-corrected chi connectivity index (χ1v) is 10.2. The predicted molar refractivity (Wildman–Crippen MR) is 122 cm³/mol. The van der Waals surface area contributed by atoms with Crippen LogP contribution in [0.25, 0.3) is 6.08 Å². The molecule has 0 radical (unpaired) electrons. The number of carbonyl (C=O) groups excluding carboxylic acids is 1. The number of amides is 1. The van der Waals surface area contributed by atoms with Crippen molar-refractivity contribution in [3.8, 4) is 11.5 Å². The second kappa shape index (κ2) is 11.5. The first-order chi connectivity index (χ1) is 14.7. The summed E-state index contributed by atoms with van der Waals surface area (Å²) in [6, 6.07) is 25.1. The van der Waals surface area contributed by atoms with Gasteiger partial charge in [-0.25, -0.2) is 0 Å². The first kappa shape index (κ1) is 21.2. The van der Waals surface area contributed by atoms with Crippen molar-refractivity contribution in [1.82, 2.24) is 0 Å². The molecule has 0 spiro atoms. The van der Waals surface area contributed by atoms with Crippen molar-refractivity contribution in [3.63, 3.8) is 0 Å². The number of hydrogen-bond donors (Lipinski definition) is 1. The van der Waals surface area contributed by atoms with Crippen molar-refractivity contribution in [2.45, 2.75) is 26.4 Å². The van der Waals surface area contributed by atoms with Crippen LogP contribution >= 0.6 is 0 Å². The normalized spacial score (nSPS) is 10.7. The fourth-order valence-corrected chi connectivity index (χ4v) is 2.74. The minimum atomic E-state index is -0.181. The zero-order valence-corrected chi connectivity index (χ0v) is 17.2. The van der Waals surface area contributed by atoms with Crippen LogP contribution in [0.15, 0.2) is 84.9 Å². The highest BCUT2D eigenvalue weighted by Crippen LogP contribution is 2.17. The molecule has 0 aliphatic carbocycles. The summed E-state index contributed by atoms with van der Waals surface area (Å²) in [5.74, 6) is 1.42. The first-order valence-electron chi connectivity index (χ1n) is 10.2. The summed E-state index contributed by atoms with van der Waals surface area (Å²) in [5.41, 5.74) is 2.78. The third-order valence-corrected chi connectivity index (χ3v) is 4.44. The summed E-state index contributed by atoms with van der Waals surface area (Å²) in [7, 11) is 0. The van der Waals surface area contributed by atoms with Crippen LogP contribution in [0.5, 0.6) is 11.5 Å². The average molecular weight is 402 g/mol. The van der Waals surface area contributed by atoms with Crippen LogP contribution in [-0.4, -0.2) is 12.5 Å². The van der Waals surface area contributed by atoms with Gasteiger partial charge in [-0.05, 0) is 60.0 Å². The maximum atomic E-state index is 12.2. The minimum absolute atomic E-state index is 0.181. The van der Waals surface area contributed by atoms with Crippen molar-refractivity contribution >= 4 is 17.7 Å². The van der Waals surface area contributed by atoms with Gasteiger partial charge in [0.2, 0.25) is 5.91 Å². The molecular formula is C26H27NO3. The van der Waals surface area contributed by atoms with Gasteiger partial charge in [-0.1, -0.05) is 55.8 Å².